The molecular formula is C17H13ClN4O5. The lowest BCUT2D eigenvalue weighted by Crippen LogP contribution is -2.28. The largest absolute Gasteiger partial charge is 0.460 e. The minimum Gasteiger partial charge on any atom is -0.460 e. The number of esters is 1. The molecule has 0 fully saturated rings. The van der Waals surface area contributed by atoms with Gasteiger partial charge in [-0.3, -0.25) is 20.0 Å². The van der Waals surface area contributed by atoms with Gasteiger partial charge in [0.25, 0.3) is 11.6 Å². The third-order valence-corrected chi connectivity index (χ3v) is 4.04. The number of carbonyl (C=O) groups is 2. The van der Waals surface area contributed by atoms with Gasteiger partial charge in [-0.25, -0.2) is 4.79 Å². The lowest BCUT2D eigenvalue weighted by atomic mass is 10.1. The minimum absolute atomic E-state index is 0.0374. The molecule has 0 aliphatic carbocycles. The number of ether oxygens (including phenoxy) is 1. The van der Waals surface area contributed by atoms with Crippen molar-refractivity contribution >= 4 is 40.1 Å². The van der Waals surface area contributed by atoms with Crippen molar-refractivity contribution in [1.29, 1.82) is 0 Å². The topological polar surface area (TPSA) is 127 Å². The van der Waals surface area contributed by atoms with E-state index in [4.69, 9.17) is 16.3 Å². The van der Waals surface area contributed by atoms with Crippen LogP contribution in [0.1, 0.15) is 20.7 Å². The van der Waals surface area contributed by atoms with Gasteiger partial charge in [-0.2, -0.15) is 5.10 Å². The zero-order valence-electron chi connectivity index (χ0n) is 13.8. The molecule has 0 bridgehead atoms. The summed E-state index contributed by atoms with van der Waals surface area (Å²) in [6.07, 6.45) is 1.60. The lowest BCUT2D eigenvalue weighted by molar-refractivity contribution is -0.384. The van der Waals surface area contributed by atoms with E-state index in [9.17, 15) is 19.7 Å². The van der Waals surface area contributed by atoms with Crippen molar-refractivity contribution in [2.24, 2.45) is 0 Å². The third kappa shape index (κ3) is 4.04. The van der Waals surface area contributed by atoms with E-state index < -0.39 is 16.8 Å². The van der Waals surface area contributed by atoms with E-state index in [-0.39, 0.29) is 29.4 Å². The second-order valence-electron chi connectivity index (χ2n) is 5.45. The molecule has 138 valence electrons. The van der Waals surface area contributed by atoms with Crippen LogP contribution in [0.5, 0.6) is 0 Å². The molecule has 2 aromatic carbocycles. The maximum absolute atomic E-state index is 12.2. The van der Waals surface area contributed by atoms with E-state index in [0.717, 1.165) is 11.5 Å². The highest BCUT2D eigenvalue weighted by Crippen LogP contribution is 2.22. The quantitative estimate of drug-likeness (QED) is 0.289. The Morgan fingerprint density at radius 3 is 2.81 bits per heavy atom. The lowest BCUT2D eigenvalue weighted by Gasteiger charge is -2.08. The van der Waals surface area contributed by atoms with Gasteiger partial charge in [-0.05, 0) is 12.1 Å². The van der Waals surface area contributed by atoms with E-state index in [1.165, 1.54) is 12.1 Å². The van der Waals surface area contributed by atoms with Gasteiger partial charge in [-0.15, -0.1) is 0 Å². The summed E-state index contributed by atoms with van der Waals surface area (Å²) in [5.74, 6) is -1.07. The SMILES string of the molecule is O=C(NCCOC(=O)c1cccc2cn[nH]c12)c1ccc([N+](=O)[O-])cc1Cl. The fraction of sp³-hybridized carbons (Fsp3) is 0.118. The molecule has 1 amide bonds. The molecule has 10 heteroatoms. The minimum atomic E-state index is -0.604. The fourth-order valence-electron chi connectivity index (χ4n) is 2.42. The Bertz CT molecular complexity index is 1030. The molecule has 3 rings (SSSR count). The fourth-order valence-corrected chi connectivity index (χ4v) is 2.68. The number of nitro benzene ring substituents is 1. The average molecular weight is 389 g/mol. The normalized spacial score (nSPS) is 10.6. The van der Waals surface area contributed by atoms with Gasteiger partial charge in [0.05, 0.1) is 39.3 Å². The van der Waals surface area contributed by atoms with Crippen LogP contribution in [-0.2, 0) is 4.74 Å². The number of nitro groups is 1. The van der Waals surface area contributed by atoms with Gasteiger partial charge >= 0.3 is 5.97 Å². The predicted molar refractivity (Wildman–Crippen MR) is 96.8 cm³/mol. The monoisotopic (exact) mass is 388 g/mol. The molecule has 1 aromatic heterocycles. The first-order chi connectivity index (χ1) is 13.0. The number of aromatic nitrogens is 2. The van der Waals surface area contributed by atoms with Crippen molar-refractivity contribution < 1.29 is 19.2 Å². The number of rotatable bonds is 6. The van der Waals surface area contributed by atoms with Crippen LogP contribution in [0.25, 0.3) is 10.9 Å². The van der Waals surface area contributed by atoms with E-state index in [2.05, 4.69) is 15.5 Å². The van der Waals surface area contributed by atoms with Crippen LogP contribution >= 0.6 is 11.6 Å². The van der Waals surface area contributed by atoms with Crippen LogP contribution in [0, 0.1) is 10.1 Å². The van der Waals surface area contributed by atoms with Crippen LogP contribution in [0.15, 0.2) is 42.6 Å². The highest BCUT2D eigenvalue weighted by atomic mass is 35.5. The van der Waals surface area contributed by atoms with E-state index in [1.807, 2.05) is 6.07 Å². The Hall–Kier alpha value is -3.46. The standard InChI is InChI=1S/C17H13ClN4O5/c18-14-8-11(22(25)26)4-5-12(14)16(23)19-6-7-27-17(24)13-3-1-2-10-9-20-21-15(10)13/h1-5,8-9H,6-7H2,(H,19,23)(H,20,21). The molecule has 0 radical (unpaired) electrons. The number of fused-ring (bicyclic) bond motifs is 1. The number of non-ortho nitro benzene ring substituents is 1. The van der Waals surface area contributed by atoms with Gasteiger partial charge in [-0.1, -0.05) is 23.7 Å². The molecule has 0 saturated heterocycles. The van der Waals surface area contributed by atoms with Crippen LogP contribution in [0.3, 0.4) is 0 Å². The van der Waals surface area contributed by atoms with Crippen molar-refractivity contribution in [2.75, 3.05) is 13.2 Å². The number of amides is 1. The van der Waals surface area contributed by atoms with E-state index in [1.54, 1.807) is 18.3 Å². The summed E-state index contributed by atoms with van der Waals surface area (Å²) < 4.78 is 5.15. The number of H-pyrrole nitrogens is 1. The molecular weight excluding hydrogens is 376 g/mol. The van der Waals surface area contributed by atoms with Crippen molar-refractivity contribution in [3.8, 4) is 0 Å². The number of aromatic amines is 1. The molecule has 0 aliphatic rings. The van der Waals surface area contributed by atoms with Crippen molar-refractivity contribution in [3.63, 3.8) is 0 Å². The number of benzene rings is 2. The number of carbonyl (C=O) groups excluding carboxylic acids is 2. The molecule has 27 heavy (non-hydrogen) atoms. The summed E-state index contributed by atoms with van der Waals surface area (Å²) in [5, 5.41) is 20.6. The van der Waals surface area contributed by atoms with Gasteiger partial charge in [0.2, 0.25) is 0 Å². The van der Waals surface area contributed by atoms with Crippen molar-refractivity contribution in [3.05, 3.63) is 68.9 Å². The number of hydrogen-bond acceptors (Lipinski definition) is 6. The number of halogens is 1. The molecule has 3 aromatic rings. The van der Waals surface area contributed by atoms with Crippen LogP contribution in [0.2, 0.25) is 5.02 Å². The first-order valence-electron chi connectivity index (χ1n) is 7.78. The van der Waals surface area contributed by atoms with Crippen LogP contribution in [-0.4, -0.2) is 40.1 Å². The zero-order valence-corrected chi connectivity index (χ0v) is 14.5. The Morgan fingerprint density at radius 2 is 2.07 bits per heavy atom. The second-order valence-corrected chi connectivity index (χ2v) is 5.86. The maximum atomic E-state index is 12.2. The molecule has 9 nitrogen and oxygen atoms in total. The Kier molecular flexibility index (Phi) is 5.32. The number of hydrogen-bond donors (Lipinski definition) is 2. The summed E-state index contributed by atoms with van der Waals surface area (Å²) in [7, 11) is 0. The Morgan fingerprint density at radius 1 is 1.26 bits per heavy atom. The van der Waals surface area contributed by atoms with Gasteiger partial charge in [0.15, 0.2) is 0 Å². The molecule has 2 N–H and O–H groups in total. The second kappa shape index (κ2) is 7.83. The predicted octanol–water partition coefficient (Wildman–Crippen LogP) is 2.71. The number of para-hydroxylation sites is 1. The third-order valence-electron chi connectivity index (χ3n) is 3.73. The first-order valence-corrected chi connectivity index (χ1v) is 8.16. The first kappa shape index (κ1) is 18.3. The molecule has 0 saturated carbocycles. The summed E-state index contributed by atoms with van der Waals surface area (Å²) in [6, 6.07) is 8.68. The Labute approximate surface area is 157 Å². The molecule has 0 aliphatic heterocycles. The average Bonchev–Trinajstić information content (AvgIpc) is 3.13. The zero-order chi connectivity index (χ0) is 19.4. The van der Waals surface area contributed by atoms with E-state index >= 15 is 0 Å². The van der Waals surface area contributed by atoms with Gasteiger partial charge in [0, 0.05) is 17.5 Å². The molecule has 0 spiro atoms. The van der Waals surface area contributed by atoms with Crippen molar-refractivity contribution in [1.82, 2.24) is 15.5 Å². The van der Waals surface area contributed by atoms with Gasteiger partial charge in [0.1, 0.15) is 6.61 Å². The highest BCUT2D eigenvalue weighted by molar-refractivity contribution is 6.34. The summed E-state index contributed by atoms with van der Waals surface area (Å²) >= 11 is 5.90. The number of nitrogens with zero attached hydrogens (tertiary/aromatic N) is 2. The number of nitrogens with one attached hydrogen (secondary N) is 2. The van der Waals surface area contributed by atoms with Crippen LogP contribution in [0.4, 0.5) is 5.69 Å². The molecule has 0 unspecified atom stereocenters. The van der Waals surface area contributed by atoms with E-state index in [0.29, 0.717) is 11.1 Å². The summed E-state index contributed by atoms with van der Waals surface area (Å²) in [6.45, 7) is -0.00343. The molecule has 1 heterocycles. The summed E-state index contributed by atoms with van der Waals surface area (Å²) in [5.41, 5.74) is 0.799. The summed E-state index contributed by atoms with van der Waals surface area (Å²) in [4.78, 5) is 34.3. The Balaban J connectivity index is 1.54. The smallest absolute Gasteiger partial charge is 0.340 e. The highest BCUT2D eigenvalue weighted by Gasteiger charge is 2.16. The van der Waals surface area contributed by atoms with Gasteiger partial charge < -0.3 is 10.1 Å². The van der Waals surface area contributed by atoms with Crippen molar-refractivity contribution in [2.45, 2.75) is 0 Å². The molecule has 0 atom stereocenters. The van der Waals surface area contributed by atoms with Crippen LogP contribution < -0.4 is 5.32 Å². The maximum Gasteiger partial charge on any atom is 0.340 e.